The molecule has 1 aromatic carbocycles. The van der Waals surface area contributed by atoms with Gasteiger partial charge in [-0.3, -0.25) is 0 Å². The number of fused-ring (bicyclic) bond motifs is 1. The van der Waals surface area contributed by atoms with E-state index in [0.717, 1.165) is 16.5 Å². The molecule has 20 heavy (non-hydrogen) atoms. The van der Waals surface area contributed by atoms with Crippen molar-refractivity contribution in [2.45, 2.75) is 6.54 Å². The van der Waals surface area contributed by atoms with E-state index in [1.54, 1.807) is 12.3 Å². The standard InChI is InChI=1S/C15H12N4O/c1-19(15-6-12(7-16)17-10-18-15)8-11-9-20-14-5-3-2-4-13(11)14/h2-6,9-10H,8H2,1H3. The molecule has 98 valence electrons. The number of nitrogens with zero attached hydrogens (tertiary/aromatic N) is 4. The van der Waals surface area contributed by atoms with E-state index < -0.39 is 0 Å². The maximum Gasteiger partial charge on any atom is 0.145 e. The molecule has 2 aromatic heterocycles. The fourth-order valence-corrected chi connectivity index (χ4v) is 2.11. The van der Waals surface area contributed by atoms with Crippen LogP contribution in [0.4, 0.5) is 5.82 Å². The highest BCUT2D eigenvalue weighted by Crippen LogP contribution is 2.23. The van der Waals surface area contributed by atoms with Crippen LogP contribution in [-0.4, -0.2) is 17.0 Å². The van der Waals surface area contributed by atoms with E-state index in [-0.39, 0.29) is 0 Å². The number of hydrogen-bond acceptors (Lipinski definition) is 5. The van der Waals surface area contributed by atoms with Crippen LogP contribution in [0.3, 0.4) is 0 Å². The molecule has 0 unspecified atom stereocenters. The van der Waals surface area contributed by atoms with Gasteiger partial charge in [0.15, 0.2) is 0 Å². The van der Waals surface area contributed by atoms with Gasteiger partial charge in [0, 0.05) is 30.6 Å². The van der Waals surface area contributed by atoms with Crippen molar-refractivity contribution < 1.29 is 4.42 Å². The lowest BCUT2D eigenvalue weighted by molar-refractivity contribution is 0.609. The molecular weight excluding hydrogens is 252 g/mol. The third kappa shape index (κ3) is 2.19. The Bertz CT molecular complexity index is 788. The number of furan rings is 1. The summed E-state index contributed by atoms with van der Waals surface area (Å²) in [5, 5.41) is 9.96. The first-order valence-electron chi connectivity index (χ1n) is 6.16. The highest BCUT2D eigenvalue weighted by molar-refractivity contribution is 5.81. The van der Waals surface area contributed by atoms with Crippen LogP contribution in [0.1, 0.15) is 11.3 Å². The fraction of sp³-hybridized carbons (Fsp3) is 0.133. The minimum atomic E-state index is 0.360. The maximum absolute atomic E-state index is 8.87. The largest absolute Gasteiger partial charge is 0.464 e. The Kier molecular flexibility index (Phi) is 3.05. The fourth-order valence-electron chi connectivity index (χ4n) is 2.11. The molecule has 0 N–H and O–H groups in total. The topological polar surface area (TPSA) is 66.0 Å². The Morgan fingerprint density at radius 3 is 3.00 bits per heavy atom. The minimum absolute atomic E-state index is 0.360. The summed E-state index contributed by atoms with van der Waals surface area (Å²) in [7, 11) is 1.92. The summed E-state index contributed by atoms with van der Waals surface area (Å²) in [6.07, 6.45) is 3.16. The Morgan fingerprint density at radius 1 is 1.30 bits per heavy atom. The van der Waals surface area contributed by atoms with Gasteiger partial charge in [-0.05, 0) is 6.07 Å². The van der Waals surface area contributed by atoms with Gasteiger partial charge < -0.3 is 9.32 Å². The number of hydrogen-bond donors (Lipinski definition) is 0. The predicted molar refractivity (Wildman–Crippen MR) is 75.1 cm³/mol. The van der Waals surface area contributed by atoms with E-state index in [2.05, 4.69) is 9.97 Å². The van der Waals surface area contributed by atoms with Crippen LogP contribution in [0.2, 0.25) is 0 Å². The van der Waals surface area contributed by atoms with Gasteiger partial charge in [-0.2, -0.15) is 5.26 Å². The van der Waals surface area contributed by atoms with Gasteiger partial charge in [0.1, 0.15) is 29.5 Å². The summed E-state index contributed by atoms with van der Waals surface area (Å²) < 4.78 is 5.52. The first-order chi connectivity index (χ1) is 9.78. The summed E-state index contributed by atoms with van der Waals surface area (Å²) in [6.45, 7) is 0.652. The van der Waals surface area contributed by atoms with Gasteiger partial charge in [-0.1, -0.05) is 18.2 Å². The lowest BCUT2D eigenvalue weighted by atomic mass is 10.1. The second-order valence-electron chi connectivity index (χ2n) is 4.49. The number of anilines is 1. The molecule has 0 saturated heterocycles. The van der Waals surface area contributed by atoms with Gasteiger partial charge in [-0.15, -0.1) is 0 Å². The molecule has 0 fully saturated rings. The summed E-state index contributed by atoms with van der Waals surface area (Å²) >= 11 is 0. The average Bonchev–Trinajstić information content (AvgIpc) is 2.90. The molecule has 5 nitrogen and oxygen atoms in total. The van der Waals surface area contributed by atoms with Gasteiger partial charge in [-0.25, -0.2) is 9.97 Å². The zero-order chi connectivity index (χ0) is 13.9. The van der Waals surface area contributed by atoms with Crippen LogP contribution in [0.15, 0.2) is 47.3 Å². The maximum atomic E-state index is 8.87. The van der Waals surface area contributed by atoms with Crippen molar-refractivity contribution in [2.75, 3.05) is 11.9 Å². The Morgan fingerprint density at radius 2 is 2.15 bits per heavy atom. The highest BCUT2D eigenvalue weighted by atomic mass is 16.3. The van der Waals surface area contributed by atoms with Crippen molar-refractivity contribution in [3.8, 4) is 6.07 Å². The van der Waals surface area contributed by atoms with Crippen molar-refractivity contribution in [1.29, 1.82) is 5.26 Å². The summed E-state index contributed by atoms with van der Waals surface area (Å²) in [5.74, 6) is 0.710. The number of para-hydroxylation sites is 1. The van der Waals surface area contributed by atoms with Crippen molar-refractivity contribution in [3.63, 3.8) is 0 Å². The van der Waals surface area contributed by atoms with Crippen LogP contribution in [0.5, 0.6) is 0 Å². The molecule has 3 aromatic rings. The SMILES string of the molecule is CN(Cc1coc2ccccc12)c1cc(C#N)ncn1. The van der Waals surface area contributed by atoms with Crippen LogP contribution in [0, 0.1) is 11.3 Å². The molecule has 2 heterocycles. The smallest absolute Gasteiger partial charge is 0.145 e. The van der Waals surface area contributed by atoms with Crippen LogP contribution in [-0.2, 0) is 6.54 Å². The Hall–Kier alpha value is -2.87. The minimum Gasteiger partial charge on any atom is -0.464 e. The van der Waals surface area contributed by atoms with E-state index in [4.69, 9.17) is 9.68 Å². The van der Waals surface area contributed by atoms with E-state index >= 15 is 0 Å². The number of benzene rings is 1. The first-order valence-corrected chi connectivity index (χ1v) is 6.16. The summed E-state index contributed by atoms with van der Waals surface area (Å²) in [5.41, 5.74) is 2.32. The number of rotatable bonds is 3. The van der Waals surface area contributed by atoms with E-state index in [1.807, 2.05) is 42.3 Å². The molecule has 0 saturated carbocycles. The van der Waals surface area contributed by atoms with Gasteiger partial charge in [0.2, 0.25) is 0 Å². The molecule has 0 bridgehead atoms. The molecule has 0 radical (unpaired) electrons. The molecule has 0 amide bonds. The zero-order valence-electron chi connectivity index (χ0n) is 10.9. The van der Waals surface area contributed by atoms with E-state index in [0.29, 0.717) is 18.1 Å². The van der Waals surface area contributed by atoms with Gasteiger partial charge in [0.05, 0.1) is 6.26 Å². The average molecular weight is 264 g/mol. The molecule has 0 aliphatic heterocycles. The molecule has 5 heteroatoms. The zero-order valence-corrected chi connectivity index (χ0v) is 10.9. The highest BCUT2D eigenvalue weighted by Gasteiger charge is 2.10. The number of aromatic nitrogens is 2. The van der Waals surface area contributed by atoms with Crippen molar-refractivity contribution in [1.82, 2.24) is 9.97 Å². The molecule has 0 atom stereocenters. The van der Waals surface area contributed by atoms with Crippen LogP contribution < -0.4 is 4.90 Å². The lowest BCUT2D eigenvalue weighted by Gasteiger charge is -2.17. The second-order valence-corrected chi connectivity index (χ2v) is 4.49. The molecule has 3 rings (SSSR count). The van der Waals surface area contributed by atoms with Crippen molar-refractivity contribution >= 4 is 16.8 Å². The lowest BCUT2D eigenvalue weighted by Crippen LogP contribution is -2.17. The Balaban J connectivity index is 1.88. The van der Waals surface area contributed by atoms with E-state index in [1.165, 1.54) is 6.33 Å². The summed E-state index contributed by atoms with van der Waals surface area (Å²) in [6, 6.07) is 11.6. The molecular formula is C15H12N4O. The molecule has 0 aliphatic carbocycles. The molecule has 0 spiro atoms. The monoisotopic (exact) mass is 264 g/mol. The summed E-state index contributed by atoms with van der Waals surface area (Å²) in [4.78, 5) is 10.0. The van der Waals surface area contributed by atoms with Gasteiger partial charge in [0.25, 0.3) is 0 Å². The number of nitriles is 1. The first kappa shape index (κ1) is 12.2. The quantitative estimate of drug-likeness (QED) is 0.727. The third-order valence-electron chi connectivity index (χ3n) is 3.13. The predicted octanol–water partition coefficient (Wildman–Crippen LogP) is 2.73. The van der Waals surface area contributed by atoms with Crippen molar-refractivity contribution in [3.05, 3.63) is 54.2 Å². The van der Waals surface area contributed by atoms with Gasteiger partial charge >= 0.3 is 0 Å². The van der Waals surface area contributed by atoms with E-state index in [9.17, 15) is 0 Å². The van der Waals surface area contributed by atoms with Crippen molar-refractivity contribution in [2.24, 2.45) is 0 Å². The Labute approximate surface area is 116 Å². The third-order valence-corrected chi connectivity index (χ3v) is 3.13. The van der Waals surface area contributed by atoms with Crippen LogP contribution in [0.25, 0.3) is 11.0 Å². The molecule has 0 aliphatic rings. The second kappa shape index (κ2) is 5.02. The van der Waals surface area contributed by atoms with Crippen LogP contribution >= 0.6 is 0 Å². The normalized spacial score (nSPS) is 10.4.